The molecule has 2 atom stereocenters. The van der Waals surface area contributed by atoms with Crippen LogP contribution in [0.3, 0.4) is 0 Å². The van der Waals surface area contributed by atoms with E-state index in [2.05, 4.69) is 5.32 Å². The maximum Gasteiger partial charge on any atom is 0.264 e. The summed E-state index contributed by atoms with van der Waals surface area (Å²) < 4.78 is 34.7. The van der Waals surface area contributed by atoms with Gasteiger partial charge < -0.3 is 15.0 Å². The first-order valence-corrected chi connectivity index (χ1v) is 17.3. The molecule has 0 bridgehead atoms. The van der Waals surface area contributed by atoms with E-state index in [1.807, 2.05) is 27.0 Å². The van der Waals surface area contributed by atoms with Crippen LogP contribution in [0.5, 0.6) is 5.75 Å². The lowest BCUT2D eigenvalue weighted by atomic mass is 10.1. The largest absolute Gasteiger partial charge is 0.494 e. The van der Waals surface area contributed by atoms with Crippen molar-refractivity contribution in [1.29, 1.82) is 0 Å². The molecule has 43 heavy (non-hydrogen) atoms. The number of carbonyl (C=O) groups is 2. The fourth-order valence-electron chi connectivity index (χ4n) is 4.16. The Hall–Kier alpha value is -2.92. The summed E-state index contributed by atoms with van der Waals surface area (Å²) in [5.41, 5.74) is 0.908. The summed E-state index contributed by atoms with van der Waals surface area (Å²) >= 11 is 13.8. The van der Waals surface area contributed by atoms with Crippen molar-refractivity contribution in [2.45, 2.75) is 62.5 Å². The Bertz CT molecular complexity index is 1500. The fraction of sp³-hybridized carbons (Fsp3) is 0.355. The zero-order valence-electron chi connectivity index (χ0n) is 24.8. The summed E-state index contributed by atoms with van der Waals surface area (Å²) in [5, 5.41) is 3.57. The van der Waals surface area contributed by atoms with Crippen LogP contribution in [0.4, 0.5) is 5.69 Å². The predicted molar refractivity (Wildman–Crippen MR) is 175 cm³/mol. The Morgan fingerprint density at radius 1 is 0.953 bits per heavy atom. The standard InChI is InChI=1S/C31H37Cl2N3O5S2/c1-6-21(3)34-31(38)22(4)35(19-23-8-17-28(32)29(33)18-23)30(37)20-36(24-9-11-25(12-10-24)41-7-2)43(39,40)27-15-13-26(42-5)14-16-27/h8-18,21-22H,6-7,19-20H2,1-5H3,(H,34,38)/t21-,22+/m0/s1. The van der Waals surface area contributed by atoms with Gasteiger partial charge in [0.2, 0.25) is 11.8 Å². The predicted octanol–water partition coefficient (Wildman–Crippen LogP) is 6.64. The number of sulfonamides is 1. The molecule has 0 aliphatic carbocycles. The lowest BCUT2D eigenvalue weighted by Crippen LogP contribution is -2.52. The number of hydrogen-bond acceptors (Lipinski definition) is 6. The molecule has 0 saturated carbocycles. The molecule has 0 spiro atoms. The van der Waals surface area contributed by atoms with Gasteiger partial charge in [-0.25, -0.2) is 8.42 Å². The topological polar surface area (TPSA) is 96.0 Å². The highest BCUT2D eigenvalue weighted by Gasteiger charge is 2.33. The molecule has 0 aliphatic rings. The molecule has 0 fully saturated rings. The first-order chi connectivity index (χ1) is 20.4. The van der Waals surface area contributed by atoms with Crippen LogP contribution in [-0.4, -0.2) is 56.6 Å². The van der Waals surface area contributed by atoms with E-state index in [-0.39, 0.29) is 29.1 Å². The fourth-order valence-corrected chi connectivity index (χ4v) is 6.30. The average Bonchev–Trinajstić information content (AvgIpc) is 3.00. The molecule has 0 aliphatic heterocycles. The molecule has 3 aromatic carbocycles. The number of anilines is 1. The number of rotatable bonds is 14. The van der Waals surface area contributed by atoms with Crippen molar-refractivity contribution in [3.63, 3.8) is 0 Å². The summed E-state index contributed by atoms with van der Waals surface area (Å²) in [7, 11) is -4.19. The minimum absolute atomic E-state index is 0.00437. The van der Waals surface area contributed by atoms with E-state index >= 15 is 0 Å². The van der Waals surface area contributed by atoms with E-state index in [1.54, 1.807) is 61.5 Å². The van der Waals surface area contributed by atoms with E-state index in [0.29, 0.717) is 34.4 Å². The zero-order valence-corrected chi connectivity index (χ0v) is 28.0. The maximum absolute atomic E-state index is 14.1. The number of thioether (sulfide) groups is 1. The van der Waals surface area contributed by atoms with E-state index in [4.69, 9.17) is 27.9 Å². The number of halogens is 2. The second-order valence-electron chi connectivity index (χ2n) is 9.88. The van der Waals surface area contributed by atoms with Crippen LogP contribution in [-0.2, 0) is 26.2 Å². The Morgan fingerprint density at radius 3 is 2.16 bits per heavy atom. The van der Waals surface area contributed by atoms with Crippen LogP contribution in [0.1, 0.15) is 39.7 Å². The molecule has 0 unspecified atom stereocenters. The maximum atomic E-state index is 14.1. The number of carbonyl (C=O) groups excluding carboxylic acids is 2. The molecular weight excluding hydrogens is 629 g/mol. The minimum Gasteiger partial charge on any atom is -0.494 e. The van der Waals surface area contributed by atoms with Gasteiger partial charge >= 0.3 is 0 Å². The molecule has 12 heteroatoms. The van der Waals surface area contributed by atoms with Crippen LogP contribution in [0.2, 0.25) is 10.0 Å². The average molecular weight is 667 g/mol. The van der Waals surface area contributed by atoms with Crippen LogP contribution < -0.4 is 14.4 Å². The van der Waals surface area contributed by atoms with Crippen molar-refractivity contribution in [3.05, 3.63) is 82.3 Å². The van der Waals surface area contributed by atoms with Gasteiger partial charge in [0, 0.05) is 17.5 Å². The molecule has 0 heterocycles. The van der Waals surface area contributed by atoms with Crippen LogP contribution in [0, 0.1) is 0 Å². The third-order valence-electron chi connectivity index (χ3n) is 6.87. The van der Waals surface area contributed by atoms with Gasteiger partial charge in [0.15, 0.2) is 0 Å². The van der Waals surface area contributed by atoms with Crippen molar-refractivity contribution in [2.24, 2.45) is 0 Å². The van der Waals surface area contributed by atoms with Crippen molar-refractivity contribution >= 4 is 62.5 Å². The van der Waals surface area contributed by atoms with Gasteiger partial charge in [0.05, 0.1) is 27.2 Å². The molecule has 0 radical (unpaired) electrons. The molecule has 2 amide bonds. The molecule has 3 rings (SSSR count). The third kappa shape index (κ3) is 9.04. The molecule has 1 N–H and O–H groups in total. The Morgan fingerprint density at radius 2 is 1.60 bits per heavy atom. The normalized spacial score (nSPS) is 12.7. The quantitative estimate of drug-likeness (QED) is 0.194. The van der Waals surface area contributed by atoms with Crippen LogP contribution in [0.25, 0.3) is 0 Å². The second-order valence-corrected chi connectivity index (χ2v) is 13.4. The van der Waals surface area contributed by atoms with Crippen molar-refractivity contribution in [2.75, 3.05) is 23.7 Å². The van der Waals surface area contributed by atoms with Gasteiger partial charge in [0.1, 0.15) is 18.3 Å². The number of benzene rings is 3. The Labute approximate surface area is 268 Å². The van der Waals surface area contributed by atoms with Gasteiger partial charge in [-0.2, -0.15) is 0 Å². The number of hydrogen-bond donors (Lipinski definition) is 1. The molecule has 0 saturated heterocycles. The summed E-state index contributed by atoms with van der Waals surface area (Å²) in [6.07, 6.45) is 2.60. The number of amides is 2. The van der Waals surface area contributed by atoms with Crippen LogP contribution in [0.15, 0.2) is 76.5 Å². The van der Waals surface area contributed by atoms with Gasteiger partial charge in [-0.3, -0.25) is 13.9 Å². The first-order valence-electron chi connectivity index (χ1n) is 13.8. The van der Waals surface area contributed by atoms with E-state index in [1.165, 1.54) is 28.8 Å². The monoisotopic (exact) mass is 665 g/mol. The van der Waals surface area contributed by atoms with Crippen molar-refractivity contribution < 1.29 is 22.7 Å². The van der Waals surface area contributed by atoms with Gasteiger partial charge in [-0.15, -0.1) is 11.8 Å². The van der Waals surface area contributed by atoms with Gasteiger partial charge in [-0.1, -0.05) is 36.2 Å². The summed E-state index contributed by atoms with van der Waals surface area (Å²) in [6, 6.07) is 16.9. The van der Waals surface area contributed by atoms with E-state index < -0.39 is 28.5 Å². The highest BCUT2D eigenvalue weighted by molar-refractivity contribution is 7.98. The highest BCUT2D eigenvalue weighted by atomic mass is 35.5. The number of nitrogens with zero attached hydrogens (tertiary/aromatic N) is 2. The minimum atomic E-state index is -4.19. The lowest BCUT2D eigenvalue weighted by molar-refractivity contribution is -0.139. The van der Waals surface area contributed by atoms with Crippen LogP contribution >= 0.6 is 35.0 Å². The second kappa shape index (κ2) is 15.7. The van der Waals surface area contributed by atoms with Crippen molar-refractivity contribution in [1.82, 2.24) is 10.2 Å². The van der Waals surface area contributed by atoms with Gasteiger partial charge in [0.25, 0.3) is 10.0 Å². The third-order valence-corrected chi connectivity index (χ3v) is 10.1. The number of nitrogens with one attached hydrogen (secondary N) is 1. The van der Waals surface area contributed by atoms with Gasteiger partial charge in [-0.05, 0) is 99.7 Å². The summed E-state index contributed by atoms with van der Waals surface area (Å²) in [6.45, 7) is 7.18. The molecule has 0 aromatic heterocycles. The highest BCUT2D eigenvalue weighted by Crippen LogP contribution is 2.28. The first kappa shape index (κ1) is 34.6. The molecule has 8 nitrogen and oxygen atoms in total. The molecule has 232 valence electrons. The Kier molecular flexibility index (Phi) is 12.6. The number of ether oxygens (including phenoxy) is 1. The Balaban J connectivity index is 2.05. The SMILES string of the molecule is CCOc1ccc(N(CC(=O)N(Cc2ccc(Cl)c(Cl)c2)[C@H](C)C(=O)N[C@@H](C)CC)S(=O)(=O)c2ccc(SC)cc2)cc1. The van der Waals surface area contributed by atoms with E-state index in [0.717, 1.165) is 9.20 Å². The summed E-state index contributed by atoms with van der Waals surface area (Å²) in [5.74, 6) is -0.363. The van der Waals surface area contributed by atoms with E-state index in [9.17, 15) is 18.0 Å². The molecular formula is C31H37Cl2N3O5S2. The summed E-state index contributed by atoms with van der Waals surface area (Å²) in [4.78, 5) is 29.6. The lowest BCUT2D eigenvalue weighted by Gasteiger charge is -2.32. The smallest absolute Gasteiger partial charge is 0.264 e. The molecule has 3 aromatic rings. The zero-order chi connectivity index (χ0) is 31.7. The van der Waals surface area contributed by atoms with Crippen molar-refractivity contribution in [3.8, 4) is 5.75 Å².